The van der Waals surface area contributed by atoms with E-state index in [0.717, 1.165) is 0 Å². The summed E-state index contributed by atoms with van der Waals surface area (Å²) in [4.78, 5) is 15.8. The lowest BCUT2D eigenvalue weighted by atomic mass is 10.0. The van der Waals surface area contributed by atoms with E-state index in [4.69, 9.17) is 10.9 Å². The first kappa shape index (κ1) is 15.3. The summed E-state index contributed by atoms with van der Waals surface area (Å²) in [6.07, 6.45) is 2.71. The van der Waals surface area contributed by atoms with Gasteiger partial charge in [0.05, 0.1) is 16.6 Å². The third kappa shape index (κ3) is 2.30. The minimum atomic E-state index is -4.07. The molecule has 0 bridgehead atoms. The summed E-state index contributed by atoms with van der Waals surface area (Å²) >= 11 is 0. The summed E-state index contributed by atoms with van der Waals surface area (Å²) in [6, 6.07) is 5.19. The smallest absolute Gasteiger partial charge is 0.333 e. The van der Waals surface area contributed by atoms with Crippen LogP contribution in [0.5, 0.6) is 0 Å². The average Bonchev–Trinajstić information content (AvgIpc) is 3.01. The highest BCUT2D eigenvalue weighted by Gasteiger charge is 2.35. The average molecular weight is 334 g/mol. The van der Waals surface area contributed by atoms with Gasteiger partial charge < -0.3 is 15.4 Å². The Morgan fingerprint density at radius 1 is 1.39 bits per heavy atom. The molecule has 5 N–H and O–H groups in total. The van der Waals surface area contributed by atoms with Crippen LogP contribution in [0.15, 0.2) is 35.9 Å². The Labute approximate surface area is 131 Å². The molecule has 0 radical (unpaired) electrons. The number of carbonyl (C=O) groups is 1. The highest BCUT2D eigenvalue weighted by atomic mass is 32.2. The summed E-state index contributed by atoms with van der Waals surface area (Å²) in [5, 5.41) is 13.2. The molecule has 1 atom stereocenters. The van der Waals surface area contributed by atoms with Crippen molar-refractivity contribution in [3.63, 3.8) is 0 Å². The van der Waals surface area contributed by atoms with Crippen LogP contribution >= 0.6 is 0 Å². The number of anilines is 1. The number of allylic oxidation sites excluding steroid dienone is 2. The van der Waals surface area contributed by atoms with Crippen molar-refractivity contribution in [2.24, 2.45) is 12.2 Å². The molecule has 1 aromatic carbocycles. The van der Waals surface area contributed by atoms with E-state index in [-0.39, 0.29) is 17.1 Å². The predicted octanol–water partition coefficient (Wildman–Crippen LogP) is 0.221. The standard InChI is InChI=1S/C14H14N4O4S/c1-18-9-4-2-3-8(12(9)17-14(18)15)7-5-6-10(23(16,21)22)11(7)13(19)20/h2-6,10H,1H3,(H2,15,17)(H,19,20)(H2,16,21,22). The van der Waals surface area contributed by atoms with Crippen molar-refractivity contribution in [2.45, 2.75) is 5.25 Å². The zero-order valence-corrected chi connectivity index (χ0v) is 12.9. The van der Waals surface area contributed by atoms with Crippen molar-refractivity contribution in [1.29, 1.82) is 0 Å². The van der Waals surface area contributed by atoms with Crippen molar-refractivity contribution in [3.8, 4) is 0 Å². The van der Waals surface area contributed by atoms with Gasteiger partial charge in [0.15, 0.2) is 0 Å². The number of hydrogen-bond acceptors (Lipinski definition) is 5. The molecule has 0 aliphatic heterocycles. The van der Waals surface area contributed by atoms with Gasteiger partial charge in [-0.25, -0.2) is 23.3 Å². The number of carboxylic acids is 1. The maximum absolute atomic E-state index is 11.6. The van der Waals surface area contributed by atoms with Gasteiger partial charge in [-0.15, -0.1) is 0 Å². The number of nitrogens with zero attached hydrogens (tertiary/aromatic N) is 2. The third-order valence-corrected chi connectivity index (χ3v) is 4.93. The number of hydrogen-bond donors (Lipinski definition) is 3. The molecule has 1 aliphatic carbocycles. The van der Waals surface area contributed by atoms with E-state index in [1.54, 1.807) is 29.8 Å². The second kappa shape index (κ2) is 4.93. The summed E-state index contributed by atoms with van der Waals surface area (Å²) in [6.45, 7) is 0. The van der Waals surface area contributed by atoms with E-state index >= 15 is 0 Å². The molecule has 8 nitrogen and oxygen atoms in total. The van der Waals surface area contributed by atoms with Gasteiger partial charge in [0.1, 0.15) is 5.25 Å². The number of imidazole rings is 1. The number of para-hydroxylation sites is 1. The van der Waals surface area contributed by atoms with Crippen molar-refractivity contribution in [3.05, 3.63) is 41.5 Å². The largest absolute Gasteiger partial charge is 0.478 e. The molecule has 1 unspecified atom stereocenters. The molecule has 1 heterocycles. The first-order valence-corrected chi connectivity index (χ1v) is 8.21. The van der Waals surface area contributed by atoms with Gasteiger partial charge in [-0.1, -0.05) is 24.3 Å². The van der Waals surface area contributed by atoms with E-state index in [2.05, 4.69) is 4.98 Å². The van der Waals surface area contributed by atoms with E-state index in [1.807, 2.05) is 0 Å². The normalized spacial score (nSPS) is 18.1. The minimum absolute atomic E-state index is 0.264. The number of aryl methyl sites for hydroxylation is 1. The van der Waals surface area contributed by atoms with Gasteiger partial charge in [-0.2, -0.15) is 0 Å². The Bertz CT molecular complexity index is 1000. The van der Waals surface area contributed by atoms with Gasteiger partial charge in [-0.3, -0.25) is 0 Å². The van der Waals surface area contributed by atoms with Crippen molar-refractivity contribution >= 4 is 38.5 Å². The zero-order valence-electron chi connectivity index (χ0n) is 12.1. The Morgan fingerprint density at radius 2 is 2.09 bits per heavy atom. The Kier molecular flexibility index (Phi) is 3.27. The molecule has 0 amide bonds. The van der Waals surface area contributed by atoms with Gasteiger partial charge in [0, 0.05) is 12.6 Å². The van der Waals surface area contributed by atoms with Gasteiger partial charge in [0.25, 0.3) is 0 Å². The fourth-order valence-electron chi connectivity index (χ4n) is 2.72. The third-order valence-electron chi connectivity index (χ3n) is 3.83. The molecular weight excluding hydrogens is 320 g/mol. The number of fused-ring (bicyclic) bond motifs is 1. The first-order chi connectivity index (χ1) is 10.7. The number of nitrogen functional groups attached to an aromatic ring is 1. The molecular formula is C14H14N4O4S. The topological polar surface area (TPSA) is 141 Å². The van der Waals surface area contributed by atoms with Crippen LogP contribution in [0.3, 0.4) is 0 Å². The lowest BCUT2D eigenvalue weighted by Crippen LogP contribution is -2.30. The van der Waals surface area contributed by atoms with Gasteiger partial charge >= 0.3 is 5.97 Å². The fraction of sp³-hybridized carbons (Fsp3) is 0.143. The highest BCUT2D eigenvalue weighted by molar-refractivity contribution is 7.90. The molecule has 0 spiro atoms. The molecule has 0 saturated heterocycles. The molecule has 2 aromatic rings. The second-order valence-corrected chi connectivity index (χ2v) is 6.89. The van der Waals surface area contributed by atoms with Crippen molar-refractivity contribution < 1.29 is 18.3 Å². The summed E-state index contributed by atoms with van der Waals surface area (Å²) in [5.74, 6) is -1.07. The highest BCUT2D eigenvalue weighted by Crippen LogP contribution is 2.35. The zero-order chi connectivity index (χ0) is 16.9. The Hall–Kier alpha value is -2.65. The quantitative estimate of drug-likeness (QED) is 0.733. The Morgan fingerprint density at radius 3 is 2.70 bits per heavy atom. The van der Waals surface area contributed by atoms with Crippen LogP contribution in [0.4, 0.5) is 5.95 Å². The van der Waals surface area contributed by atoms with Crippen molar-refractivity contribution in [2.75, 3.05) is 5.73 Å². The Balaban J connectivity index is 2.33. The fourth-order valence-corrected chi connectivity index (χ4v) is 3.57. The molecule has 3 rings (SSSR count). The van der Waals surface area contributed by atoms with Crippen LogP contribution < -0.4 is 10.9 Å². The molecule has 23 heavy (non-hydrogen) atoms. The van der Waals surface area contributed by atoms with Crippen LogP contribution in [0.25, 0.3) is 16.6 Å². The summed E-state index contributed by atoms with van der Waals surface area (Å²) in [7, 11) is -2.34. The molecule has 0 saturated carbocycles. The van der Waals surface area contributed by atoms with Crippen LogP contribution in [0.2, 0.25) is 0 Å². The van der Waals surface area contributed by atoms with Crippen LogP contribution in [0, 0.1) is 0 Å². The van der Waals surface area contributed by atoms with Crippen LogP contribution in [-0.2, 0) is 21.9 Å². The number of nitrogens with two attached hydrogens (primary N) is 2. The maximum Gasteiger partial charge on any atom is 0.333 e. The number of carboxylic acid groups (broad SMARTS) is 1. The molecule has 0 fully saturated rings. The van der Waals surface area contributed by atoms with Gasteiger partial charge in [0.2, 0.25) is 16.0 Å². The van der Waals surface area contributed by atoms with E-state index in [9.17, 15) is 18.3 Å². The number of primary sulfonamides is 1. The van der Waals surface area contributed by atoms with Gasteiger partial charge in [-0.05, 0) is 11.6 Å². The minimum Gasteiger partial charge on any atom is -0.478 e. The number of rotatable bonds is 3. The van der Waals surface area contributed by atoms with Crippen molar-refractivity contribution in [1.82, 2.24) is 9.55 Å². The molecule has 9 heteroatoms. The van der Waals surface area contributed by atoms with E-state index in [1.165, 1.54) is 12.2 Å². The SMILES string of the molecule is Cn1c(N)nc2c(C3=C(C(=O)O)C(S(N)(=O)=O)C=C3)cccc21. The number of aromatic nitrogens is 2. The number of aliphatic carboxylic acids is 1. The lowest BCUT2D eigenvalue weighted by Gasteiger charge is -2.10. The number of benzene rings is 1. The second-order valence-electron chi connectivity index (χ2n) is 5.20. The van der Waals surface area contributed by atoms with E-state index in [0.29, 0.717) is 16.6 Å². The van der Waals surface area contributed by atoms with E-state index < -0.39 is 21.2 Å². The summed E-state index contributed by atoms with van der Waals surface area (Å²) in [5.41, 5.74) is 7.48. The number of sulfonamides is 1. The lowest BCUT2D eigenvalue weighted by molar-refractivity contribution is -0.132. The first-order valence-electron chi connectivity index (χ1n) is 6.60. The monoisotopic (exact) mass is 334 g/mol. The predicted molar refractivity (Wildman–Crippen MR) is 85.7 cm³/mol. The maximum atomic E-state index is 11.6. The molecule has 120 valence electrons. The summed E-state index contributed by atoms with van der Waals surface area (Å²) < 4.78 is 24.9. The molecule has 1 aromatic heterocycles. The van der Waals surface area contributed by atoms with Crippen LogP contribution in [0.1, 0.15) is 5.56 Å². The molecule has 1 aliphatic rings. The van der Waals surface area contributed by atoms with Crippen LogP contribution in [-0.4, -0.2) is 34.3 Å².